The highest BCUT2D eigenvalue weighted by atomic mass is 35.5. The van der Waals surface area contributed by atoms with E-state index in [1.165, 1.54) is 19.2 Å². The fourth-order valence-corrected chi connectivity index (χ4v) is 2.83. The fraction of sp³-hybridized carbons (Fsp3) is 0.0952. The number of ether oxygens (including phenoxy) is 2. The Morgan fingerprint density at radius 2 is 1.82 bits per heavy atom. The maximum absolute atomic E-state index is 12.4. The van der Waals surface area contributed by atoms with Gasteiger partial charge in [0.1, 0.15) is 17.4 Å². The largest absolute Gasteiger partial charge is 0.496 e. The Hall–Kier alpha value is -3.56. The lowest BCUT2D eigenvalue weighted by Crippen LogP contribution is -2.21. The lowest BCUT2D eigenvalue weighted by Gasteiger charge is -2.11. The summed E-state index contributed by atoms with van der Waals surface area (Å²) in [7, 11) is 1.45. The van der Waals surface area contributed by atoms with Crippen LogP contribution in [0.1, 0.15) is 15.9 Å². The van der Waals surface area contributed by atoms with E-state index in [9.17, 15) is 9.59 Å². The Balaban J connectivity index is 1.72. The normalized spacial score (nSPS) is 10.2. The van der Waals surface area contributed by atoms with Crippen LogP contribution in [0.4, 0.5) is 5.69 Å². The number of benzene rings is 3. The van der Waals surface area contributed by atoms with Gasteiger partial charge in [0.15, 0.2) is 6.61 Å². The predicted octanol–water partition coefficient (Wildman–Crippen LogP) is 4.17. The molecule has 3 aromatic carbocycles. The number of nitrogens with one attached hydrogen (secondary N) is 1. The van der Waals surface area contributed by atoms with E-state index in [1.54, 1.807) is 18.2 Å². The van der Waals surface area contributed by atoms with Gasteiger partial charge in [0.25, 0.3) is 5.91 Å². The van der Waals surface area contributed by atoms with Gasteiger partial charge >= 0.3 is 5.97 Å². The summed E-state index contributed by atoms with van der Waals surface area (Å²) in [4.78, 5) is 24.6. The molecule has 0 spiro atoms. The molecule has 1 N–H and O–H groups in total. The van der Waals surface area contributed by atoms with E-state index in [-0.39, 0.29) is 16.8 Å². The molecule has 0 saturated carbocycles. The van der Waals surface area contributed by atoms with Crippen LogP contribution in [0, 0.1) is 11.3 Å². The van der Waals surface area contributed by atoms with Crippen LogP contribution in [0.15, 0.2) is 54.6 Å². The van der Waals surface area contributed by atoms with Gasteiger partial charge in [-0.3, -0.25) is 4.79 Å². The highest BCUT2D eigenvalue weighted by Crippen LogP contribution is 2.26. The Labute approximate surface area is 166 Å². The summed E-state index contributed by atoms with van der Waals surface area (Å²) in [6.07, 6.45) is 0. The summed E-state index contributed by atoms with van der Waals surface area (Å²) in [5.74, 6) is -0.929. The minimum Gasteiger partial charge on any atom is -0.496 e. The lowest BCUT2D eigenvalue weighted by molar-refractivity contribution is -0.119. The molecule has 0 aliphatic heterocycles. The third-order valence-electron chi connectivity index (χ3n) is 4.00. The van der Waals surface area contributed by atoms with Gasteiger partial charge in [-0.2, -0.15) is 5.26 Å². The Bertz CT molecular complexity index is 1110. The number of hydrogen-bond donors (Lipinski definition) is 1. The second kappa shape index (κ2) is 8.42. The van der Waals surface area contributed by atoms with Gasteiger partial charge in [-0.05, 0) is 41.1 Å². The first-order valence-electron chi connectivity index (χ1n) is 8.25. The monoisotopic (exact) mass is 394 g/mol. The minimum atomic E-state index is -0.690. The molecule has 6 nitrogen and oxygen atoms in total. The number of carbonyl (C=O) groups excluding carboxylic acids is 2. The number of nitrogens with zero attached hydrogens (tertiary/aromatic N) is 1. The van der Waals surface area contributed by atoms with Crippen LogP contribution in [0.25, 0.3) is 10.8 Å². The maximum atomic E-state index is 12.4. The summed E-state index contributed by atoms with van der Waals surface area (Å²) in [5.41, 5.74) is 0.717. The fourth-order valence-electron chi connectivity index (χ4n) is 2.66. The zero-order valence-corrected chi connectivity index (χ0v) is 15.6. The number of halogens is 1. The van der Waals surface area contributed by atoms with Crippen molar-refractivity contribution >= 4 is 39.9 Å². The van der Waals surface area contributed by atoms with Gasteiger partial charge in [0, 0.05) is 5.02 Å². The van der Waals surface area contributed by atoms with Crippen molar-refractivity contribution in [1.82, 2.24) is 0 Å². The highest BCUT2D eigenvalue weighted by molar-refractivity contribution is 6.31. The minimum absolute atomic E-state index is 0.217. The maximum Gasteiger partial charge on any atom is 0.342 e. The molecule has 0 heterocycles. The van der Waals surface area contributed by atoms with E-state index in [2.05, 4.69) is 5.32 Å². The lowest BCUT2D eigenvalue weighted by atomic mass is 10.1. The number of methoxy groups -OCH3 is 1. The van der Waals surface area contributed by atoms with E-state index in [4.69, 9.17) is 26.3 Å². The van der Waals surface area contributed by atoms with Crippen LogP contribution in [0.2, 0.25) is 5.02 Å². The molecule has 0 radical (unpaired) electrons. The Morgan fingerprint density at radius 3 is 2.50 bits per heavy atom. The average Bonchev–Trinajstić information content (AvgIpc) is 2.71. The van der Waals surface area contributed by atoms with Crippen molar-refractivity contribution in [1.29, 1.82) is 5.26 Å². The molecule has 28 heavy (non-hydrogen) atoms. The first-order chi connectivity index (χ1) is 13.5. The molecule has 0 aliphatic rings. The molecule has 0 fully saturated rings. The molecule has 140 valence electrons. The third kappa shape index (κ3) is 4.22. The summed E-state index contributed by atoms with van der Waals surface area (Å²) in [6.45, 7) is -0.522. The van der Waals surface area contributed by atoms with E-state index in [0.29, 0.717) is 10.8 Å². The van der Waals surface area contributed by atoms with E-state index in [0.717, 1.165) is 10.8 Å². The molecular weight excluding hydrogens is 380 g/mol. The number of amides is 1. The number of fused-ring (bicyclic) bond motifs is 1. The number of esters is 1. The van der Waals surface area contributed by atoms with E-state index >= 15 is 0 Å². The summed E-state index contributed by atoms with van der Waals surface area (Å²) in [5, 5.41) is 13.7. The molecule has 0 aliphatic carbocycles. The second-order valence-electron chi connectivity index (χ2n) is 5.83. The van der Waals surface area contributed by atoms with Crippen molar-refractivity contribution in [2.24, 2.45) is 0 Å². The van der Waals surface area contributed by atoms with Crippen LogP contribution in [0.5, 0.6) is 5.75 Å². The van der Waals surface area contributed by atoms with Crippen LogP contribution in [-0.4, -0.2) is 25.6 Å². The second-order valence-corrected chi connectivity index (χ2v) is 6.26. The van der Waals surface area contributed by atoms with Crippen molar-refractivity contribution in [2.75, 3.05) is 19.0 Å². The molecule has 0 bridgehead atoms. The summed E-state index contributed by atoms with van der Waals surface area (Å²) >= 11 is 5.89. The Morgan fingerprint density at radius 1 is 1.11 bits per heavy atom. The zero-order chi connectivity index (χ0) is 20.1. The predicted molar refractivity (Wildman–Crippen MR) is 106 cm³/mol. The van der Waals surface area contributed by atoms with Gasteiger partial charge < -0.3 is 14.8 Å². The van der Waals surface area contributed by atoms with Crippen LogP contribution in [-0.2, 0) is 9.53 Å². The van der Waals surface area contributed by atoms with E-state index in [1.807, 2.05) is 30.3 Å². The SMILES string of the molecule is COc1cc2ccccc2cc1C(=O)OCC(=O)Nc1cc(Cl)ccc1C#N. The number of anilines is 1. The number of carbonyl (C=O) groups is 2. The average molecular weight is 395 g/mol. The molecule has 0 atom stereocenters. The molecule has 7 heteroatoms. The van der Waals surface area contributed by atoms with Crippen LogP contribution >= 0.6 is 11.6 Å². The van der Waals surface area contributed by atoms with Gasteiger partial charge in [0.05, 0.1) is 18.4 Å². The number of hydrogen-bond acceptors (Lipinski definition) is 5. The molecule has 3 aromatic rings. The summed E-state index contributed by atoms with van der Waals surface area (Å²) in [6, 6.07) is 17.3. The van der Waals surface area contributed by atoms with Crippen molar-refractivity contribution in [3.05, 3.63) is 70.7 Å². The third-order valence-corrected chi connectivity index (χ3v) is 4.23. The highest BCUT2D eigenvalue weighted by Gasteiger charge is 2.17. The summed E-state index contributed by atoms with van der Waals surface area (Å²) < 4.78 is 10.4. The van der Waals surface area contributed by atoms with Gasteiger partial charge in [-0.15, -0.1) is 0 Å². The standard InChI is InChI=1S/C21H15ClN2O4/c1-27-19-9-14-5-3-2-4-13(14)8-17(19)21(26)28-12-20(25)24-18-10-16(22)7-6-15(18)11-23/h2-10H,12H2,1H3,(H,24,25). The van der Waals surface area contributed by atoms with Crippen molar-refractivity contribution < 1.29 is 19.1 Å². The zero-order valence-electron chi connectivity index (χ0n) is 14.9. The smallest absolute Gasteiger partial charge is 0.342 e. The molecule has 0 saturated heterocycles. The van der Waals surface area contributed by atoms with E-state index < -0.39 is 18.5 Å². The number of rotatable bonds is 5. The molecule has 0 unspecified atom stereocenters. The number of nitriles is 1. The van der Waals surface area contributed by atoms with Crippen LogP contribution in [0.3, 0.4) is 0 Å². The molecule has 3 rings (SSSR count). The first kappa shape index (κ1) is 19.2. The first-order valence-corrected chi connectivity index (χ1v) is 8.63. The van der Waals surface area contributed by atoms with Crippen molar-refractivity contribution in [3.8, 4) is 11.8 Å². The van der Waals surface area contributed by atoms with Gasteiger partial charge in [-0.1, -0.05) is 35.9 Å². The van der Waals surface area contributed by atoms with Crippen LogP contribution < -0.4 is 10.1 Å². The molecular formula is C21H15ClN2O4. The quantitative estimate of drug-likeness (QED) is 0.656. The van der Waals surface area contributed by atoms with Crippen molar-refractivity contribution in [3.63, 3.8) is 0 Å². The molecule has 1 amide bonds. The molecule has 0 aromatic heterocycles. The van der Waals surface area contributed by atoms with Gasteiger partial charge in [0.2, 0.25) is 0 Å². The Kier molecular flexibility index (Phi) is 5.78. The van der Waals surface area contributed by atoms with Crippen molar-refractivity contribution in [2.45, 2.75) is 0 Å². The van der Waals surface area contributed by atoms with Gasteiger partial charge in [-0.25, -0.2) is 4.79 Å². The topological polar surface area (TPSA) is 88.4 Å².